The second-order valence-electron chi connectivity index (χ2n) is 4.34. The molecule has 0 saturated carbocycles. The molecule has 15 heavy (non-hydrogen) atoms. The lowest BCUT2D eigenvalue weighted by atomic mass is 9.90. The molecule has 1 aromatic rings. The summed E-state index contributed by atoms with van der Waals surface area (Å²) in [6.45, 7) is 2.51. The number of aliphatic hydroxyl groups is 1. The van der Waals surface area contributed by atoms with Gasteiger partial charge in [0.25, 0.3) is 0 Å². The lowest BCUT2D eigenvalue weighted by Crippen LogP contribution is -2.41. The van der Waals surface area contributed by atoms with Crippen LogP contribution in [0.4, 0.5) is 0 Å². The Morgan fingerprint density at radius 2 is 2.27 bits per heavy atom. The van der Waals surface area contributed by atoms with Crippen LogP contribution in [0.3, 0.4) is 0 Å². The fraction of sp³-hybridized carbons (Fsp3) is 0.500. The summed E-state index contributed by atoms with van der Waals surface area (Å²) in [7, 11) is 2.12. The molecule has 0 amide bonds. The van der Waals surface area contributed by atoms with E-state index >= 15 is 0 Å². The molecule has 1 aromatic carbocycles. The molecule has 1 fully saturated rings. The van der Waals surface area contributed by atoms with Crippen molar-refractivity contribution < 1.29 is 5.11 Å². The van der Waals surface area contributed by atoms with Crippen LogP contribution >= 0.6 is 0 Å². The zero-order valence-electron chi connectivity index (χ0n) is 9.06. The molecular weight excluding hydrogens is 188 g/mol. The van der Waals surface area contributed by atoms with Gasteiger partial charge in [-0.25, -0.2) is 0 Å². The largest absolute Gasteiger partial charge is 0.387 e. The maximum absolute atomic E-state index is 9.64. The van der Waals surface area contributed by atoms with Crippen molar-refractivity contribution in [2.45, 2.75) is 12.0 Å². The third-order valence-electron chi connectivity index (χ3n) is 3.05. The van der Waals surface area contributed by atoms with Crippen molar-refractivity contribution >= 4 is 0 Å². The minimum Gasteiger partial charge on any atom is -0.387 e. The third-order valence-corrected chi connectivity index (χ3v) is 3.05. The maximum atomic E-state index is 9.64. The summed E-state index contributed by atoms with van der Waals surface area (Å²) in [5.74, 6) is 0.625. The van der Waals surface area contributed by atoms with Gasteiger partial charge in [-0.05, 0) is 18.2 Å². The van der Waals surface area contributed by atoms with Crippen LogP contribution in [0.15, 0.2) is 24.3 Å². The van der Waals surface area contributed by atoms with Crippen molar-refractivity contribution in [3.8, 4) is 0 Å². The zero-order chi connectivity index (χ0) is 10.8. The van der Waals surface area contributed by atoms with Gasteiger partial charge < -0.3 is 15.7 Å². The highest BCUT2D eigenvalue weighted by atomic mass is 16.3. The molecule has 3 nitrogen and oxygen atoms in total. The molecular formula is C12H18N2O. The summed E-state index contributed by atoms with van der Waals surface area (Å²) in [5.41, 5.74) is 7.69. The van der Waals surface area contributed by atoms with Crippen LogP contribution in [-0.2, 0) is 0 Å². The molecule has 0 bridgehead atoms. The number of aliphatic hydroxyl groups excluding tert-OH is 1. The molecule has 1 unspecified atom stereocenters. The van der Waals surface area contributed by atoms with Gasteiger partial charge in [0.05, 0.1) is 6.10 Å². The highest BCUT2D eigenvalue weighted by Crippen LogP contribution is 2.27. The van der Waals surface area contributed by atoms with E-state index < -0.39 is 6.10 Å². The number of likely N-dealkylation sites (tertiary alicyclic amines) is 1. The Kier molecular flexibility index (Phi) is 3.05. The van der Waals surface area contributed by atoms with E-state index in [1.807, 2.05) is 12.1 Å². The second-order valence-corrected chi connectivity index (χ2v) is 4.34. The molecule has 0 aliphatic carbocycles. The zero-order valence-corrected chi connectivity index (χ0v) is 9.06. The molecule has 0 radical (unpaired) electrons. The monoisotopic (exact) mass is 206 g/mol. The van der Waals surface area contributed by atoms with E-state index in [4.69, 9.17) is 5.73 Å². The highest BCUT2D eigenvalue weighted by Gasteiger charge is 2.24. The average molecular weight is 206 g/mol. The second kappa shape index (κ2) is 4.31. The van der Waals surface area contributed by atoms with Crippen LogP contribution in [0.5, 0.6) is 0 Å². The Morgan fingerprint density at radius 1 is 1.53 bits per heavy atom. The van der Waals surface area contributed by atoms with Crippen LogP contribution in [0.2, 0.25) is 0 Å². The van der Waals surface area contributed by atoms with Crippen molar-refractivity contribution in [2.75, 3.05) is 26.7 Å². The van der Waals surface area contributed by atoms with Gasteiger partial charge in [-0.2, -0.15) is 0 Å². The molecule has 2 rings (SSSR count). The quantitative estimate of drug-likeness (QED) is 0.765. The van der Waals surface area contributed by atoms with Crippen molar-refractivity contribution in [1.29, 1.82) is 0 Å². The van der Waals surface area contributed by atoms with E-state index in [-0.39, 0.29) is 6.54 Å². The third kappa shape index (κ3) is 2.20. The Morgan fingerprint density at radius 3 is 2.87 bits per heavy atom. The molecule has 1 aliphatic rings. The number of likely N-dealkylation sites (N-methyl/N-ethyl adjacent to an activating group) is 1. The Bertz CT molecular complexity index is 334. The van der Waals surface area contributed by atoms with Crippen LogP contribution in [-0.4, -0.2) is 36.7 Å². The number of hydrogen-bond acceptors (Lipinski definition) is 3. The van der Waals surface area contributed by atoms with Gasteiger partial charge in [0.1, 0.15) is 0 Å². The molecule has 0 aromatic heterocycles. The molecule has 82 valence electrons. The van der Waals surface area contributed by atoms with Crippen molar-refractivity contribution in [1.82, 2.24) is 4.90 Å². The molecule has 1 aliphatic heterocycles. The standard InChI is InChI=1S/C12H18N2O/c1-14-7-11(8-14)9-3-2-4-10(5-9)12(15)6-13/h2-5,11-12,15H,6-8,13H2,1H3. The smallest absolute Gasteiger partial charge is 0.0912 e. The molecule has 3 N–H and O–H groups in total. The summed E-state index contributed by atoms with van der Waals surface area (Å²) < 4.78 is 0. The summed E-state index contributed by atoms with van der Waals surface area (Å²) in [5, 5.41) is 9.64. The van der Waals surface area contributed by atoms with Gasteiger partial charge in [0.15, 0.2) is 0 Å². The van der Waals surface area contributed by atoms with Crippen LogP contribution in [0.1, 0.15) is 23.1 Å². The molecule has 3 heteroatoms. The van der Waals surface area contributed by atoms with Crippen LogP contribution in [0, 0.1) is 0 Å². The summed E-state index contributed by atoms with van der Waals surface area (Å²) in [6.07, 6.45) is -0.525. The number of nitrogens with zero attached hydrogens (tertiary/aromatic N) is 1. The van der Waals surface area contributed by atoms with Crippen LogP contribution < -0.4 is 5.73 Å². The van der Waals surface area contributed by atoms with E-state index in [9.17, 15) is 5.11 Å². The number of benzene rings is 1. The Labute approximate surface area is 90.5 Å². The van der Waals surface area contributed by atoms with Crippen LogP contribution in [0.25, 0.3) is 0 Å². The fourth-order valence-electron chi connectivity index (χ4n) is 2.07. The first-order chi connectivity index (χ1) is 7.20. The Hall–Kier alpha value is -0.900. The SMILES string of the molecule is CN1CC(c2cccc(C(O)CN)c2)C1. The van der Waals surface area contributed by atoms with Gasteiger partial charge in [0.2, 0.25) is 0 Å². The van der Waals surface area contributed by atoms with E-state index in [2.05, 4.69) is 24.1 Å². The Balaban J connectivity index is 2.12. The minimum atomic E-state index is -0.525. The highest BCUT2D eigenvalue weighted by molar-refractivity contribution is 5.29. The van der Waals surface area contributed by atoms with Gasteiger partial charge in [-0.3, -0.25) is 0 Å². The predicted molar refractivity (Wildman–Crippen MR) is 60.7 cm³/mol. The maximum Gasteiger partial charge on any atom is 0.0912 e. The fourth-order valence-corrected chi connectivity index (χ4v) is 2.07. The number of nitrogens with two attached hydrogens (primary N) is 1. The van der Waals surface area contributed by atoms with Crippen molar-refractivity contribution in [2.24, 2.45) is 5.73 Å². The normalized spacial score (nSPS) is 19.9. The summed E-state index contributed by atoms with van der Waals surface area (Å²) in [6, 6.07) is 8.14. The molecule has 0 spiro atoms. The van der Waals surface area contributed by atoms with Gasteiger partial charge >= 0.3 is 0 Å². The molecule has 1 saturated heterocycles. The summed E-state index contributed by atoms with van der Waals surface area (Å²) in [4.78, 5) is 2.29. The summed E-state index contributed by atoms with van der Waals surface area (Å²) >= 11 is 0. The lowest BCUT2D eigenvalue weighted by molar-refractivity contribution is 0.182. The van der Waals surface area contributed by atoms with Gasteiger partial charge in [-0.1, -0.05) is 24.3 Å². The molecule has 1 atom stereocenters. The lowest BCUT2D eigenvalue weighted by Gasteiger charge is -2.36. The average Bonchev–Trinajstić information content (AvgIpc) is 2.24. The first-order valence-corrected chi connectivity index (χ1v) is 5.37. The van der Waals surface area contributed by atoms with Crippen molar-refractivity contribution in [3.05, 3.63) is 35.4 Å². The number of hydrogen-bond donors (Lipinski definition) is 2. The predicted octanol–water partition coefficient (Wildman–Crippen LogP) is 0.708. The van der Waals surface area contributed by atoms with E-state index in [0.29, 0.717) is 5.92 Å². The van der Waals surface area contributed by atoms with E-state index in [1.54, 1.807) is 0 Å². The van der Waals surface area contributed by atoms with E-state index in [1.165, 1.54) is 5.56 Å². The minimum absolute atomic E-state index is 0.286. The van der Waals surface area contributed by atoms with Gasteiger partial charge in [-0.15, -0.1) is 0 Å². The molecule has 1 heterocycles. The first-order valence-electron chi connectivity index (χ1n) is 5.37. The first kappa shape index (κ1) is 10.6. The number of rotatable bonds is 3. The van der Waals surface area contributed by atoms with Crippen molar-refractivity contribution in [3.63, 3.8) is 0 Å². The van der Waals surface area contributed by atoms with E-state index in [0.717, 1.165) is 18.7 Å². The topological polar surface area (TPSA) is 49.5 Å². The van der Waals surface area contributed by atoms with Gasteiger partial charge in [0, 0.05) is 25.6 Å².